The van der Waals surface area contributed by atoms with E-state index < -0.39 is 23.7 Å². The Bertz CT molecular complexity index is 993. The zero-order chi connectivity index (χ0) is 20.4. The van der Waals surface area contributed by atoms with Crippen LogP contribution < -0.4 is 4.90 Å². The lowest BCUT2D eigenvalue weighted by Gasteiger charge is -2.21. The van der Waals surface area contributed by atoms with Crippen molar-refractivity contribution in [1.29, 1.82) is 0 Å². The van der Waals surface area contributed by atoms with E-state index in [-0.39, 0.29) is 16.7 Å². The van der Waals surface area contributed by atoms with Crippen molar-refractivity contribution in [3.8, 4) is 0 Å². The number of anilines is 1. The summed E-state index contributed by atoms with van der Waals surface area (Å²) in [7, 11) is 1.26. The van der Waals surface area contributed by atoms with Crippen LogP contribution in [-0.2, 0) is 19.1 Å². The Morgan fingerprint density at radius 1 is 1.04 bits per heavy atom. The van der Waals surface area contributed by atoms with Crippen LogP contribution in [0.2, 0.25) is 0 Å². The fourth-order valence-corrected chi connectivity index (χ4v) is 3.52. The van der Waals surface area contributed by atoms with E-state index in [1.165, 1.54) is 7.11 Å². The van der Waals surface area contributed by atoms with Gasteiger partial charge in [-0.15, -0.1) is 0 Å². The van der Waals surface area contributed by atoms with E-state index >= 15 is 0 Å². The van der Waals surface area contributed by atoms with Crippen molar-refractivity contribution in [2.75, 3.05) is 12.0 Å². The molecular weight excluding hydrogens is 422 g/mol. The topological polar surface area (TPSA) is 63.7 Å². The van der Waals surface area contributed by atoms with Crippen LogP contribution in [0.1, 0.15) is 18.4 Å². The summed E-state index contributed by atoms with van der Waals surface area (Å²) in [6.45, 7) is 5.45. The molecule has 28 heavy (non-hydrogen) atoms. The lowest BCUT2D eigenvalue weighted by atomic mass is 9.83. The van der Waals surface area contributed by atoms with Gasteiger partial charge in [0.25, 0.3) is 11.8 Å². The number of carbonyl (C=O) groups excluding carboxylic acids is 3. The summed E-state index contributed by atoms with van der Waals surface area (Å²) in [4.78, 5) is 39.5. The highest BCUT2D eigenvalue weighted by Crippen LogP contribution is 2.39. The third kappa shape index (κ3) is 3.43. The van der Waals surface area contributed by atoms with Gasteiger partial charge in [0, 0.05) is 27.1 Å². The smallest absolute Gasteiger partial charge is 0.334 e. The summed E-state index contributed by atoms with van der Waals surface area (Å²) in [6.07, 6.45) is 0. The Balaban J connectivity index is 2.10. The number of rotatable bonds is 5. The quantitative estimate of drug-likeness (QED) is 0.398. The summed E-state index contributed by atoms with van der Waals surface area (Å²) in [5.74, 6) is -2.29. The van der Waals surface area contributed by atoms with Gasteiger partial charge in [0.05, 0.1) is 12.8 Å². The summed E-state index contributed by atoms with van der Waals surface area (Å²) >= 11 is 3.34. The molecule has 0 N–H and O–H groups in total. The summed E-state index contributed by atoms with van der Waals surface area (Å²) in [5, 5.41) is 0. The number of carbonyl (C=O) groups is 3. The third-order valence-corrected chi connectivity index (χ3v) is 5.19. The van der Waals surface area contributed by atoms with Crippen molar-refractivity contribution in [1.82, 2.24) is 0 Å². The van der Waals surface area contributed by atoms with E-state index in [1.807, 2.05) is 6.07 Å². The van der Waals surface area contributed by atoms with Crippen LogP contribution in [0.4, 0.5) is 5.69 Å². The maximum atomic E-state index is 13.3. The summed E-state index contributed by atoms with van der Waals surface area (Å²) in [5.41, 5.74) is 1.76. The van der Waals surface area contributed by atoms with Crippen LogP contribution in [0.3, 0.4) is 0 Å². The van der Waals surface area contributed by atoms with Crippen LogP contribution in [0.5, 0.6) is 0 Å². The molecule has 2 amide bonds. The van der Waals surface area contributed by atoms with Crippen molar-refractivity contribution in [2.24, 2.45) is 0 Å². The predicted molar refractivity (Wildman–Crippen MR) is 110 cm³/mol. The highest BCUT2D eigenvalue weighted by molar-refractivity contribution is 9.10. The molecule has 142 valence electrons. The fourth-order valence-electron chi connectivity index (χ4n) is 3.26. The molecule has 2 aromatic carbocycles. The van der Waals surface area contributed by atoms with E-state index in [0.717, 1.165) is 9.37 Å². The molecule has 1 aliphatic heterocycles. The van der Waals surface area contributed by atoms with E-state index in [9.17, 15) is 14.4 Å². The molecule has 1 heterocycles. The highest BCUT2D eigenvalue weighted by atomic mass is 79.9. The number of benzene rings is 2. The molecule has 3 rings (SSSR count). The lowest BCUT2D eigenvalue weighted by Crippen LogP contribution is -2.32. The average Bonchev–Trinajstić information content (AvgIpc) is 2.92. The second-order valence-corrected chi connectivity index (χ2v) is 7.24. The standard InChI is InChI=1S/C22H18BrNO4/c1-13-19(18(14(2)22(27)28-3)15-7-5-4-6-8-15)21(26)24(20(13)25)17-11-9-16(23)10-12-17/h4-12,18H,2H2,1,3H3/t18-/m0/s1. The van der Waals surface area contributed by atoms with E-state index in [1.54, 1.807) is 55.5 Å². The van der Waals surface area contributed by atoms with Gasteiger partial charge in [-0.3, -0.25) is 9.59 Å². The van der Waals surface area contributed by atoms with E-state index in [2.05, 4.69) is 22.5 Å². The number of methoxy groups -OCH3 is 1. The normalized spacial score (nSPS) is 15.0. The Morgan fingerprint density at radius 2 is 1.64 bits per heavy atom. The number of hydrogen-bond acceptors (Lipinski definition) is 4. The minimum absolute atomic E-state index is 0.0989. The van der Waals surface area contributed by atoms with Crippen LogP contribution in [0.25, 0.3) is 0 Å². The number of amides is 2. The van der Waals surface area contributed by atoms with Gasteiger partial charge in [0.2, 0.25) is 0 Å². The molecule has 0 unspecified atom stereocenters. The predicted octanol–water partition coefficient (Wildman–Crippen LogP) is 4.15. The SMILES string of the molecule is C=C(C(=O)OC)[C@H](C1=C(C)C(=O)N(c2ccc(Br)cc2)C1=O)c1ccccc1. The molecule has 6 heteroatoms. The first-order chi connectivity index (χ1) is 13.4. The number of imide groups is 1. The molecule has 0 radical (unpaired) electrons. The largest absolute Gasteiger partial charge is 0.466 e. The van der Waals surface area contributed by atoms with Crippen LogP contribution in [-0.4, -0.2) is 24.9 Å². The van der Waals surface area contributed by atoms with E-state index in [4.69, 9.17) is 4.74 Å². The second-order valence-electron chi connectivity index (χ2n) is 6.32. The molecule has 5 nitrogen and oxygen atoms in total. The number of ether oxygens (including phenoxy) is 1. The zero-order valence-electron chi connectivity index (χ0n) is 15.4. The molecule has 0 saturated heterocycles. The Morgan fingerprint density at radius 3 is 2.21 bits per heavy atom. The van der Waals surface area contributed by atoms with Crippen molar-refractivity contribution >= 4 is 39.4 Å². The van der Waals surface area contributed by atoms with Crippen LogP contribution in [0, 0.1) is 0 Å². The van der Waals surface area contributed by atoms with Gasteiger partial charge >= 0.3 is 5.97 Å². The van der Waals surface area contributed by atoms with Crippen molar-refractivity contribution in [3.05, 3.63) is 87.9 Å². The molecule has 0 spiro atoms. The molecule has 2 aromatic rings. The number of hydrogen-bond donors (Lipinski definition) is 0. The van der Waals surface area contributed by atoms with E-state index in [0.29, 0.717) is 11.3 Å². The minimum atomic E-state index is -0.773. The molecule has 0 fully saturated rings. The van der Waals surface area contributed by atoms with Gasteiger partial charge in [0.1, 0.15) is 0 Å². The molecular formula is C22H18BrNO4. The lowest BCUT2D eigenvalue weighted by molar-refractivity contribution is -0.136. The first-order valence-electron chi connectivity index (χ1n) is 8.54. The minimum Gasteiger partial charge on any atom is -0.466 e. The molecule has 0 aliphatic carbocycles. The molecule has 0 bridgehead atoms. The van der Waals surface area contributed by atoms with Gasteiger partial charge < -0.3 is 4.74 Å². The Hall–Kier alpha value is -2.99. The van der Waals surface area contributed by atoms with Crippen molar-refractivity contribution in [3.63, 3.8) is 0 Å². The maximum Gasteiger partial charge on any atom is 0.334 e. The Labute approximate surface area is 171 Å². The van der Waals surface area contributed by atoms with Crippen molar-refractivity contribution < 1.29 is 19.1 Å². The second kappa shape index (κ2) is 7.94. The van der Waals surface area contributed by atoms with Crippen LogP contribution >= 0.6 is 15.9 Å². The number of halogens is 1. The van der Waals surface area contributed by atoms with Crippen LogP contribution in [0.15, 0.2) is 82.4 Å². The van der Waals surface area contributed by atoms with Gasteiger partial charge in [-0.1, -0.05) is 52.8 Å². The fraction of sp³-hybridized carbons (Fsp3) is 0.136. The summed E-state index contributed by atoms with van der Waals surface area (Å²) < 4.78 is 5.65. The summed E-state index contributed by atoms with van der Waals surface area (Å²) in [6, 6.07) is 15.9. The third-order valence-electron chi connectivity index (χ3n) is 4.66. The van der Waals surface area contributed by atoms with Gasteiger partial charge in [-0.25, -0.2) is 9.69 Å². The average molecular weight is 440 g/mol. The molecule has 0 aromatic heterocycles. The van der Waals surface area contributed by atoms with Gasteiger partial charge in [-0.2, -0.15) is 0 Å². The number of esters is 1. The monoisotopic (exact) mass is 439 g/mol. The maximum absolute atomic E-state index is 13.3. The van der Waals surface area contributed by atoms with Crippen molar-refractivity contribution in [2.45, 2.75) is 12.8 Å². The Kier molecular flexibility index (Phi) is 5.61. The molecule has 1 aliphatic rings. The first kappa shape index (κ1) is 19.8. The highest BCUT2D eigenvalue weighted by Gasteiger charge is 2.42. The zero-order valence-corrected chi connectivity index (χ0v) is 17.0. The first-order valence-corrected chi connectivity index (χ1v) is 9.33. The molecule has 1 atom stereocenters. The number of nitrogens with zero attached hydrogens (tertiary/aromatic N) is 1. The van der Waals surface area contributed by atoms with Gasteiger partial charge in [-0.05, 0) is 36.8 Å². The molecule has 0 saturated carbocycles. The van der Waals surface area contributed by atoms with Gasteiger partial charge in [0.15, 0.2) is 0 Å².